The van der Waals surface area contributed by atoms with Crippen LogP contribution in [0.1, 0.15) is 11.1 Å². The molecule has 2 N–H and O–H groups in total. The molecule has 0 aliphatic carbocycles. The van der Waals surface area contributed by atoms with E-state index in [-0.39, 0.29) is 0 Å². The molecular formula is C13H11N3O. The van der Waals surface area contributed by atoms with Gasteiger partial charge in [-0.15, -0.1) is 0 Å². The van der Waals surface area contributed by atoms with Crippen LogP contribution in [-0.4, -0.2) is 17.1 Å². The lowest BCUT2D eigenvalue weighted by atomic mass is 10.2. The van der Waals surface area contributed by atoms with Crippen molar-refractivity contribution in [2.45, 2.75) is 0 Å². The van der Waals surface area contributed by atoms with Crippen LogP contribution < -0.4 is 10.5 Å². The summed E-state index contributed by atoms with van der Waals surface area (Å²) in [6.45, 7) is 0. The van der Waals surface area contributed by atoms with E-state index in [1.54, 1.807) is 31.6 Å². The predicted molar refractivity (Wildman–Crippen MR) is 65.4 cm³/mol. The maximum atomic E-state index is 5.48. The Morgan fingerprint density at radius 1 is 1.00 bits per heavy atom. The Hall–Kier alpha value is -2.54. The molecule has 4 heteroatoms. The van der Waals surface area contributed by atoms with E-state index in [4.69, 9.17) is 10.5 Å². The molecule has 0 fully saturated rings. The number of nitrogens with zero attached hydrogens (tertiary/aromatic N) is 2. The van der Waals surface area contributed by atoms with Crippen LogP contribution in [0.2, 0.25) is 0 Å². The molecule has 0 saturated heterocycles. The Bertz CT molecular complexity index is 550. The van der Waals surface area contributed by atoms with Gasteiger partial charge in [-0.2, -0.15) is 0 Å². The number of anilines is 1. The zero-order valence-electron chi connectivity index (χ0n) is 9.34. The largest absolute Gasteiger partial charge is 0.481 e. The topological polar surface area (TPSA) is 61.0 Å². The van der Waals surface area contributed by atoms with Gasteiger partial charge in [0, 0.05) is 29.6 Å². The second kappa shape index (κ2) is 4.99. The van der Waals surface area contributed by atoms with Gasteiger partial charge >= 0.3 is 0 Å². The molecule has 0 aromatic carbocycles. The Labute approximate surface area is 99.5 Å². The van der Waals surface area contributed by atoms with Gasteiger partial charge in [0.25, 0.3) is 0 Å². The second-order valence-electron chi connectivity index (χ2n) is 3.31. The van der Waals surface area contributed by atoms with Crippen molar-refractivity contribution < 1.29 is 4.74 Å². The van der Waals surface area contributed by atoms with Crippen LogP contribution in [-0.2, 0) is 0 Å². The summed E-state index contributed by atoms with van der Waals surface area (Å²) in [4.78, 5) is 8.02. The number of methoxy groups -OCH3 is 1. The highest BCUT2D eigenvalue weighted by atomic mass is 16.5. The van der Waals surface area contributed by atoms with E-state index in [2.05, 4.69) is 21.8 Å². The Morgan fingerprint density at radius 2 is 1.65 bits per heavy atom. The van der Waals surface area contributed by atoms with E-state index in [0.717, 1.165) is 11.1 Å². The standard InChI is InChI=1S/C13H11N3O/c1-17-13-7-5-11(9-16-13)3-2-10-4-6-12(14)15-8-10/h4-9H,1H3,(H2,14,15). The summed E-state index contributed by atoms with van der Waals surface area (Å²) < 4.78 is 4.96. The second-order valence-corrected chi connectivity index (χ2v) is 3.31. The summed E-state index contributed by atoms with van der Waals surface area (Å²) in [7, 11) is 1.58. The Morgan fingerprint density at radius 3 is 2.12 bits per heavy atom. The van der Waals surface area contributed by atoms with Crippen LogP contribution >= 0.6 is 0 Å². The first kappa shape index (κ1) is 11.0. The zero-order chi connectivity index (χ0) is 12.1. The maximum Gasteiger partial charge on any atom is 0.212 e. The number of hydrogen-bond acceptors (Lipinski definition) is 4. The van der Waals surface area contributed by atoms with Crippen molar-refractivity contribution in [3.05, 3.63) is 47.8 Å². The summed E-state index contributed by atoms with van der Waals surface area (Å²) in [6.07, 6.45) is 3.30. The van der Waals surface area contributed by atoms with Crippen molar-refractivity contribution in [3.8, 4) is 17.7 Å². The highest BCUT2D eigenvalue weighted by Crippen LogP contribution is 2.06. The smallest absolute Gasteiger partial charge is 0.212 e. The van der Waals surface area contributed by atoms with E-state index < -0.39 is 0 Å². The van der Waals surface area contributed by atoms with Crippen LogP contribution in [0.25, 0.3) is 0 Å². The van der Waals surface area contributed by atoms with Gasteiger partial charge in [0.05, 0.1) is 7.11 Å². The van der Waals surface area contributed by atoms with Gasteiger partial charge in [-0.25, -0.2) is 9.97 Å². The molecule has 0 aliphatic heterocycles. The number of nitrogen functional groups attached to an aromatic ring is 1. The molecule has 2 aromatic rings. The van der Waals surface area contributed by atoms with Crippen molar-refractivity contribution in [1.82, 2.24) is 9.97 Å². The molecule has 0 aliphatic rings. The van der Waals surface area contributed by atoms with E-state index in [0.29, 0.717) is 11.7 Å². The van der Waals surface area contributed by atoms with Crippen LogP contribution in [0.3, 0.4) is 0 Å². The molecule has 4 nitrogen and oxygen atoms in total. The fourth-order valence-electron chi connectivity index (χ4n) is 1.20. The molecule has 0 unspecified atom stereocenters. The van der Waals surface area contributed by atoms with Crippen LogP contribution in [0.5, 0.6) is 5.88 Å². The van der Waals surface area contributed by atoms with Crippen LogP contribution in [0, 0.1) is 11.8 Å². The third kappa shape index (κ3) is 2.95. The summed E-state index contributed by atoms with van der Waals surface area (Å²) >= 11 is 0. The third-order valence-corrected chi connectivity index (χ3v) is 2.08. The third-order valence-electron chi connectivity index (χ3n) is 2.08. The van der Waals surface area contributed by atoms with Crippen molar-refractivity contribution >= 4 is 5.82 Å². The fraction of sp³-hybridized carbons (Fsp3) is 0.0769. The summed E-state index contributed by atoms with van der Waals surface area (Å²) in [5, 5.41) is 0. The average molecular weight is 225 g/mol. The number of aromatic nitrogens is 2. The molecule has 0 amide bonds. The molecule has 17 heavy (non-hydrogen) atoms. The first-order valence-electron chi connectivity index (χ1n) is 5.01. The Balaban J connectivity index is 2.17. The first-order chi connectivity index (χ1) is 8.28. The lowest BCUT2D eigenvalue weighted by Gasteiger charge is -1.96. The van der Waals surface area contributed by atoms with Gasteiger partial charge in [-0.1, -0.05) is 11.8 Å². The molecule has 84 valence electrons. The highest BCUT2D eigenvalue weighted by molar-refractivity contribution is 5.43. The normalized spacial score (nSPS) is 9.24. The minimum absolute atomic E-state index is 0.488. The first-order valence-corrected chi connectivity index (χ1v) is 5.01. The molecule has 0 saturated carbocycles. The highest BCUT2D eigenvalue weighted by Gasteiger charge is 1.92. The van der Waals surface area contributed by atoms with Crippen molar-refractivity contribution in [1.29, 1.82) is 0 Å². The van der Waals surface area contributed by atoms with E-state index >= 15 is 0 Å². The number of nitrogens with two attached hydrogens (primary N) is 1. The van der Waals surface area contributed by atoms with Crippen LogP contribution in [0.4, 0.5) is 5.82 Å². The van der Waals surface area contributed by atoms with Gasteiger partial charge < -0.3 is 10.5 Å². The van der Waals surface area contributed by atoms with Gasteiger partial charge in [0.2, 0.25) is 5.88 Å². The molecule has 0 radical (unpaired) electrons. The van der Waals surface area contributed by atoms with Gasteiger partial charge in [0.15, 0.2) is 0 Å². The molecule has 2 aromatic heterocycles. The molecule has 0 bridgehead atoms. The quantitative estimate of drug-likeness (QED) is 0.746. The maximum absolute atomic E-state index is 5.48. The Kier molecular flexibility index (Phi) is 3.22. The summed E-state index contributed by atoms with van der Waals surface area (Å²) in [5.41, 5.74) is 7.12. The lowest BCUT2D eigenvalue weighted by molar-refractivity contribution is 0.398. The number of rotatable bonds is 1. The van der Waals surface area contributed by atoms with E-state index in [1.165, 1.54) is 0 Å². The van der Waals surface area contributed by atoms with Gasteiger partial charge in [0.1, 0.15) is 5.82 Å². The van der Waals surface area contributed by atoms with E-state index in [1.807, 2.05) is 12.1 Å². The minimum Gasteiger partial charge on any atom is -0.481 e. The minimum atomic E-state index is 0.488. The molecule has 2 heterocycles. The molecule has 0 spiro atoms. The molecule has 2 rings (SSSR count). The zero-order valence-corrected chi connectivity index (χ0v) is 9.34. The predicted octanol–water partition coefficient (Wildman–Crippen LogP) is 1.47. The van der Waals surface area contributed by atoms with Gasteiger partial charge in [-0.3, -0.25) is 0 Å². The summed E-state index contributed by atoms with van der Waals surface area (Å²) in [5.74, 6) is 7.02. The average Bonchev–Trinajstić information content (AvgIpc) is 2.39. The van der Waals surface area contributed by atoms with Crippen molar-refractivity contribution in [3.63, 3.8) is 0 Å². The SMILES string of the molecule is COc1ccc(C#Cc2ccc(N)nc2)cn1. The fourth-order valence-corrected chi connectivity index (χ4v) is 1.20. The number of pyridine rings is 2. The molecular weight excluding hydrogens is 214 g/mol. The van der Waals surface area contributed by atoms with Crippen molar-refractivity contribution in [2.75, 3.05) is 12.8 Å². The lowest BCUT2D eigenvalue weighted by Crippen LogP contribution is -1.89. The van der Waals surface area contributed by atoms with Crippen LogP contribution in [0.15, 0.2) is 36.7 Å². The van der Waals surface area contributed by atoms with Gasteiger partial charge in [-0.05, 0) is 18.2 Å². The molecule has 0 atom stereocenters. The van der Waals surface area contributed by atoms with E-state index in [9.17, 15) is 0 Å². The number of ether oxygens (including phenoxy) is 1. The summed E-state index contributed by atoms with van der Waals surface area (Å²) in [6, 6.07) is 7.16. The van der Waals surface area contributed by atoms with Crippen molar-refractivity contribution in [2.24, 2.45) is 0 Å². The monoisotopic (exact) mass is 225 g/mol. The number of hydrogen-bond donors (Lipinski definition) is 1.